The minimum Gasteiger partial charge on any atom is -0.382 e. The Morgan fingerprint density at radius 3 is 2.68 bits per heavy atom. The van der Waals surface area contributed by atoms with Crippen molar-refractivity contribution in [3.05, 3.63) is 56.7 Å². The van der Waals surface area contributed by atoms with Crippen molar-refractivity contribution in [2.75, 3.05) is 19.0 Å². The average Bonchev–Trinajstić information content (AvgIpc) is 3.05. The van der Waals surface area contributed by atoms with Crippen molar-refractivity contribution in [2.24, 2.45) is 0 Å². The number of imide groups is 1. The van der Waals surface area contributed by atoms with Gasteiger partial charge >= 0.3 is 0 Å². The molecule has 0 atom stereocenters. The van der Waals surface area contributed by atoms with Gasteiger partial charge in [-0.05, 0) is 44.9 Å². The first-order chi connectivity index (χ1) is 14.9. The van der Waals surface area contributed by atoms with Crippen LogP contribution in [0, 0.1) is 13.8 Å². The summed E-state index contributed by atoms with van der Waals surface area (Å²) in [5, 5.41) is 3.48. The predicted octanol–water partition coefficient (Wildman–Crippen LogP) is 3.55. The Bertz CT molecular complexity index is 1140. The van der Waals surface area contributed by atoms with Gasteiger partial charge in [0.1, 0.15) is 4.83 Å². The molecule has 31 heavy (non-hydrogen) atoms. The molecule has 0 saturated carbocycles. The Morgan fingerprint density at radius 1 is 1.23 bits per heavy atom. The number of amides is 2. The van der Waals surface area contributed by atoms with Gasteiger partial charge < -0.3 is 4.74 Å². The lowest BCUT2D eigenvalue weighted by Crippen LogP contribution is -2.32. The number of fused-ring (bicyclic) bond motifs is 1. The maximum absolute atomic E-state index is 13.2. The molecule has 9 heteroatoms. The SMILES string of the molecule is CCOCCCn1c(SCC(=O)NC(=O)c2ccccc2)nc2sc(C)c(C)c2c1=O. The zero-order valence-corrected chi connectivity index (χ0v) is 19.4. The molecule has 0 unspecified atom stereocenters. The Balaban J connectivity index is 1.78. The van der Waals surface area contributed by atoms with Gasteiger partial charge in [0.25, 0.3) is 11.5 Å². The first kappa shape index (κ1) is 23.2. The fraction of sp³-hybridized carbons (Fsp3) is 0.364. The maximum atomic E-state index is 13.2. The highest BCUT2D eigenvalue weighted by atomic mass is 32.2. The monoisotopic (exact) mass is 459 g/mol. The number of hydrogen-bond acceptors (Lipinski definition) is 7. The predicted molar refractivity (Wildman–Crippen MR) is 124 cm³/mol. The lowest BCUT2D eigenvalue weighted by molar-refractivity contribution is -0.117. The Morgan fingerprint density at radius 2 is 1.97 bits per heavy atom. The Hall–Kier alpha value is -2.49. The average molecular weight is 460 g/mol. The summed E-state index contributed by atoms with van der Waals surface area (Å²) in [7, 11) is 0. The molecular weight excluding hydrogens is 434 g/mol. The van der Waals surface area contributed by atoms with Crippen LogP contribution in [0.15, 0.2) is 40.3 Å². The van der Waals surface area contributed by atoms with Crippen LogP contribution in [0.3, 0.4) is 0 Å². The first-order valence-corrected chi connectivity index (χ1v) is 11.8. The van der Waals surface area contributed by atoms with Crippen LogP contribution in [0.4, 0.5) is 0 Å². The van der Waals surface area contributed by atoms with Crippen LogP contribution in [0.5, 0.6) is 0 Å². The van der Waals surface area contributed by atoms with E-state index in [0.717, 1.165) is 22.2 Å². The summed E-state index contributed by atoms with van der Waals surface area (Å²) in [5.74, 6) is -0.911. The van der Waals surface area contributed by atoms with E-state index < -0.39 is 11.8 Å². The van der Waals surface area contributed by atoms with Crippen molar-refractivity contribution in [3.63, 3.8) is 0 Å². The number of nitrogens with one attached hydrogen (secondary N) is 1. The molecule has 0 bridgehead atoms. The molecule has 1 aromatic carbocycles. The van der Waals surface area contributed by atoms with Gasteiger partial charge in [-0.2, -0.15) is 0 Å². The van der Waals surface area contributed by atoms with Crippen LogP contribution < -0.4 is 10.9 Å². The first-order valence-electron chi connectivity index (χ1n) is 10.0. The van der Waals surface area contributed by atoms with Crippen LogP contribution in [-0.4, -0.2) is 40.3 Å². The molecule has 0 aliphatic rings. The molecule has 0 spiro atoms. The molecule has 0 aliphatic heterocycles. The normalized spacial score (nSPS) is 11.1. The highest BCUT2D eigenvalue weighted by Gasteiger charge is 2.18. The van der Waals surface area contributed by atoms with Gasteiger partial charge in [-0.15, -0.1) is 11.3 Å². The number of rotatable bonds is 9. The summed E-state index contributed by atoms with van der Waals surface area (Å²) < 4.78 is 7.00. The van der Waals surface area contributed by atoms with Crippen LogP contribution >= 0.6 is 23.1 Å². The number of aromatic nitrogens is 2. The number of aryl methyl sites for hydroxylation is 2. The highest BCUT2D eigenvalue weighted by Crippen LogP contribution is 2.28. The summed E-state index contributed by atoms with van der Waals surface area (Å²) in [4.78, 5) is 44.1. The van der Waals surface area contributed by atoms with Crippen LogP contribution in [0.2, 0.25) is 0 Å². The standard InChI is InChI=1S/C22H25N3O4S2/c1-4-29-12-8-11-25-21(28)18-14(2)15(3)31-20(18)24-22(25)30-13-17(26)23-19(27)16-9-6-5-7-10-16/h5-7,9-10H,4,8,11-13H2,1-3H3,(H,23,26,27). The summed E-state index contributed by atoms with van der Waals surface area (Å²) in [6, 6.07) is 8.55. The number of carbonyl (C=O) groups excluding carboxylic acids is 2. The van der Waals surface area contributed by atoms with E-state index in [2.05, 4.69) is 10.3 Å². The summed E-state index contributed by atoms with van der Waals surface area (Å²) in [5.41, 5.74) is 1.25. The number of benzene rings is 1. The van der Waals surface area contributed by atoms with Crippen molar-refractivity contribution in [3.8, 4) is 0 Å². The second-order valence-corrected chi connectivity index (χ2v) is 9.04. The summed E-state index contributed by atoms with van der Waals surface area (Å²) >= 11 is 2.63. The number of ether oxygens (including phenoxy) is 1. The molecular formula is C22H25N3O4S2. The molecule has 0 saturated heterocycles. The minimum atomic E-state index is -0.451. The molecule has 7 nitrogen and oxygen atoms in total. The smallest absolute Gasteiger partial charge is 0.263 e. The van der Waals surface area contributed by atoms with E-state index >= 15 is 0 Å². The van der Waals surface area contributed by atoms with E-state index in [9.17, 15) is 14.4 Å². The molecule has 0 radical (unpaired) electrons. The fourth-order valence-electron chi connectivity index (χ4n) is 3.04. The van der Waals surface area contributed by atoms with Crippen molar-refractivity contribution >= 4 is 45.1 Å². The van der Waals surface area contributed by atoms with Crippen LogP contribution in [0.1, 0.15) is 34.1 Å². The van der Waals surface area contributed by atoms with Gasteiger partial charge in [-0.3, -0.25) is 24.3 Å². The molecule has 3 aromatic rings. The van der Waals surface area contributed by atoms with Crippen molar-refractivity contribution in [2.45, 2.75) is 38.9 Å². The third-order valence-corrected chi connectivity index (χ3v) is 6.83. The lowest BCUT2D eigenvalue weighted by Gasteiger charge is -2.12. The van der Waals surface area contributed by atoms with E-state index in [1.54, 1.807) is 34.9 Å². The molecule has 3 rings (SSSR count). The molecule has 2 amide bonds. The van der Waals surface area contributed by atoms with Gasteiger partial charge in [0.2, 0.25) is 5.91 Å². The van der Waals surface area contributed by atoms with E-state index in [1.165, 1.54) is 11.3 Å². The maximum Gasteiger partial charge on any atom is 0.263 e. The molecule has 2 aromatic heterocycles. The molecule has 1 N–H and O–H groups in total. The van der Waals surface area contributed by atoms with Crippen molar-refractivity contribution in [1.82, 2.24) is 14.9 Å². The zero-order valence-electron chi connectivity index (χ0n) is 17.8. The van der Waals surface area contributed by atoms with E-state index in [4.69, 9.17) is 4.74 Å². The minimum absolute atomic E-state index is 0.0225. The number of thiophene rings is 1. The largest absolute Gasteiger partial charge is 0.382 e. The molecule has 0 aliphatic carbocycles. The lowest BCUT2D eigenvalue weighted by atomic mass is 10.2. The molecule has 0 fully saturated rings. The number of thioether (sulfide) groups is 1. The summed E-state index contributed by atoms with van der Waals surface area (Å²) in [6.07, 6.45) is 0.662. The van der Waals surface area contributed by atoms with Crippen LogP contribution in [0.25, 0.3) is 10.2 Å². The topological polar surface area (TPSA) is 90.3 Å². The van der Waals surface area contributed by atoms with E-state index in [0.29, 0.717) is 47.1 Å². The quantitative estimate of drug-likeness (QED) is 0.299. The Kier molecular flexibility index (Phi) is 8.00. The van der Waals surface area contributed by atoms with E-state index in [1.807, 2.05) is 20.8 Å². The van der Waals surface area contributed by atoms with Gasteiger partial charge in [-0.1, -0.05) is 30.0 Å². The van der Waals surface area contributed by atoms with E-state index in [-0.39, 0.29) is 11.3 Å². The molecule has 2 heterocycles. The third kappa shape index (κ3) is 5.61. The Labute approximate surface area is 188 Å². The number of nitrogens with zero attached hydrogens (tertiary/aromatic N) is 2. The van der Waals surface area contributed by atoms with Crippen LogP contribution in [-0.2, 0) is 16.1 Å². The zero-order chi connectivity index (χ0) is 22.4. The fourth-order valence-corrected chi connectivity index (χ4v) is 4.94. The van der Waals surface area contributed by atoms with Crippen molar-refractivity contribution in [1.29, 1.82) is 0 Å². The number of carbonyl (C=O) groups is 2. The number of hydrogen-bond donors (Lipinski definition) is 1. The van der Waals surface area contributed by atoms with Gasteiger partial charge in [0, 0.05) is 30.2 Å². The highest BCUT2D eigenvalue weighted by molar-refractivity contribution is 7.99. The second-order valence-electron chi connectivity index (χ2n) is 6.90. The summed E-state index contributed by atoms with van der Waals surface area (Å²) in [6.45, 7) is 7.43. The van der Waals surface area contributed by atoms with Crippen molar-refractivity contribution < 1.29 is 14.3 Å². The van der Waals surface area contributed by atoms with Gasteiger partial charge in [0.15, 0.2) is 5.16 Å². The molecule has 164 valence electrons. The van der Waals surface area contributed by atoms with Gasteiger partial charge in [-0.25, -0.2) is 4.98 Å². The second kappa shape index (κ2) is 10.7. The third-order valence-electron chi connectivity index (χ3n) is 4.75. The van der Waals surface area contributed by atoms with Gasteiger partial charge in [0.05, 0.1) is 11.1 Å².